The summed E-state index contributed by atoms with van der Waals surface area (Å²) in [6.45, 7) is 0.931. The summed E-state index contributed by atoms with van der Waals surface area (Å²) in [5.74, 6) is -0.722. The number of benzene rings is 1. The van der Waals surface area contributed by atoms with Crippen LogP contribution in [0.5, 0.6) is 5.75 Å². The fourth-order valence-electron chi connectivity index (χ4n) is 1.12. The smallest absolute Gasteiger partial charge is 0.410 e. The number of carbonyl (C=O) groups excluding carboxylic acids is 1. The number of nitrogens with two attached hydrogens (primary N) is 1. The van der Waals surface area contributed by atoms with Crippen molar-refractivity contribution < 1.29 is 23.0 Å². The van der Waals surface area contributed by atoms with Gasteiger partial charge < -0.3 is 15.2 Å². The summed E-state index contributed by atoms with van der Waals surface area (Å²) in [5.41, 5.74) is 4.98. The third-order valence-electron chi connectivity index (χ3n) is 1.85. The second-order valence-electron chi connectivity index (χ2n) is 3.19. The molecule has 0 radical (unpaired) electrons. The van der Waals surface area contributed by atoms with E-state index in [-0.39, 0.29) is 17.9 Å². The molecule has 0 fully saturated rings. The third-order valence-corrected chi connectivity index (χ3v) is 1.85. The Morgan fingerprint density at radius 1 is 1.47 bits per heavy atom. The van der Waals surface area contributed by atoms with E-state index < -0.39 is 18.6 Å². The summed E-state index contributed by atoms with van der Waals surface area (Å²) in [4.78, 5) is 11.3. The minimum absolute atomic E-state index is 0.133. The van der Waals surface area contributed by atoms with E-state index in [1.165, 1.54) is 24.3 Å². The molecule has 1 rings (SSSR count). The zero-order chi connectivity index (χ0) is 12.9. The number of carbonyl (C=O) groups is 1. The van der Waals surface area contributed by atoms with Crippen LogP contribution in [-0.4, -0.2) is 25.2 Å². The van der Waals surface area contributed by atoms with Crippen LogP contribution in [0.3, 0.4) is 0 Å². The lowest BCUT2D eigenvalue weighted by atomic mass is 10.2. The molecule has 0 aromatic heterocycles. The van der Waals surface area contributed by atoms with Crippen LogP contribution in [0.4, 0.5) is 8.78 Å². The molecule has 94 valence electrons. The molecular weight excluding hydrogens is 232 g/mol. The van der Waals surface area contributed by atoms with Crippen LogP contribution in [0.15, 0.2) is 24.3 Å². The van der Waals surface area contributed by atoms with E-state index in [9.17, 15) is 13.6 Å². The van der Waals surface area contributed by atoms with Crippen LogP contribution in [0.1, 0.15) is 17.3 Å². The van der Waals surface area contributed by atoms with Gasteiger partial charge in [0.05, 0.1) is 18.7 Å². The van der Waals surface area contributed by atoms with E-state index in [0.717, 1.165) is 0 Å². The predicted molar refractivity (Wildman–Crippen MR) is 57.0 cm³/mol. The number of alkyl halides is 2. The van der Waals surface area contributed by atoms with Gasteiger partial charge in [-0.15, -0.1) is 0 Å². The molecule has 1 aromatic carbocycles. The summed E-state index contributed by atoms with van der Waals surface area (Å²) in [5, 5.41) is 0. The van der Waals surface area contributed by atoms with Crippen molar-refractivity contribution in [1.82, 2.24) is 0 Å². The first-order valence-electron chi connectivity index (χ1n) is 5.02. The van der Waals surface area contributed by atoms with Crippen molar-refractivity contribution in [2.45, 2.75) is 13.0 Å². The predicted octanol–water partition coefficient (Wildman–Crippen LogP) is 1.79. The zero-order valence-corrected chi connectivity index (χ0v) is 9.28. The minimum Gasteiger partial charge on any atom is -0.462 e. The van der Waals surface area contributed by atoms with Gasteiger partial charge in [-0.2, -0.15) is 8.78 Å². The molecule has 0 saturated heterocycles. The van der Waals surface area contributed by atoms with Crippen molar-refractivity contribution in [1.29, 1.82) is 0 Å². The Labute approximate surface area is 97.3 Å². The van der Waals surface area contributed by atoms with E-state index in [2.05, 4.69) is 4.74 Å². The van der Waals surface area contributed by atoms with Crippen molar-refractivity contribution in [3.8, 4) is 5.75 Å². The highest BCUT2D eigenvalue weighted by Crippen LogP contribution is 2.21. The van der Waals surface area contributed by atoms with Gasteiger partial charge in [0.2, 0.25) is 0 Å². The summed E-state index contributed by atoms with van der Waals surface area (Å²) >= 11 is 0. The number of hydrogen-bond acceptors (Lipinski definition) is 4. The molecule has 0 bridgehead atoms. The van der Waals surface area contributed by atoms with Crippen molar-refractivity contribution in [2.75, 3.05) is 13.2 Å². The second-order valence-corrected chi connectivity index (χ2v) is 3.19. The molecular formula is C11H13F2NO3. The molecule has 4 nitrogen and oxygen atoms in total. The average molecular weight is 245 g/mol. The van der Waals surface area contributed by atoms with Gasteiger partial charge in [-0.25, -0.2) is 4.79 Å². The van der Waals surface area contributed by atoms with Crippen LogP contribution in [-0.2, 0) is 4.74 Å². The quantitative estimate of drug-likeness (QED) is 0.803. The van der Waals surface area contributed by atoms with Crippen LogP contribution in [0.25, 0.3) is 0 Å². The van der Waals surface area contributed by atoms with Crippen molar-refractivity contribution in [3.05, 3.63) is 29.8 Å². The Hall–Kier alpha value is -1.69. The van der Waals surface area contributed by atoms with Crippen molar-refractivity contribution >= 4 is 5.97 Å². The molecule has 0 saturated carbocycles. The molecule has 0 aliphatic rings. The highest BCUT2D eigenvalue weighted by molar-refractivity contribution is 5.89. The average Bonchev–Trinajstić information content (AvgIpc) is 2.29. The van der Waals surface area contributed by atoms with Gasteiger partial charge in [0, 0.05) is 0 Å². The van der Waals surface area contributed by atoms with Gasteiger partial charge in [-0.1, -0.05) is 6.07 Å². The summed E-state index contributed by atoms with van der Waals surface area (Å²) < 4.78 is 34.8. The highest BCUT2D eigenvalue weighted by atomic mass is 19.3. The van der Waals surface area contributed by atoms with Crippen molar-refractivity contribution in [3.63, 3.8) is 0 Å². The highest BCUT2D eigenvalue weighted by Gasteiger charge is 2.29. The molecule has 0 unspecified atom stereocenters. The molecule has 1 aromatic rings. The normalized spacial score (nSPS) is 11.1. The Balaban J connectivity index is 2.82. The number of ether oxygens (including phenoxy) is 2. The molecule has 0 heterocycles. The lowest BCUT2D eigenvalue weighted by Crippen LogP contribution is -2.34. The monoisotopic (exact) mass is 245 g/mol. The molecule has 6 heteroatoms. The maximum absolute atomic E-state index is 12.9. The van der Waals surface area contributed by atoms with E-state index in [4.69, 9.17) is 10.5 Å². The molecule has 0 amide bonds. The fraction of sp³-hybridized carbons (Fsp3) is 0.364. The number of esters is 1. The fourth-order valence-corrected chi connectivity index (χ4v) is 1.12. The minimum atomic E-state index is -3.45. The lowest BCUT2D eigenvalue weighted by molar-refractivity contribution is -0.166. The van der Waals surface area contributed by atoms with E-state index in [1.807, 2.05) is 0 Å². The molecule has 17 heavy (non-hydrogen) atoms. The Morgan fingerprint density at radius 3 is 2.76 bits per heavy atom. The van der Waals surface area contributed by atoms with Crippen LogP contribution < -0.4 is 10.5 Å². The molecule has 2 N–H and O–H groups in total. The van der Waals surface area contributed by atoms with E-state index in [0.29, 0.717) is 0 Å². The molecule has 0 aliphatic heterocycles. The summed E-state index contributed by atoms with van der Waals surface area (Å²) in [6, 6.07) is 5.37. The van der Waals surface area contributed by atoms with Gasteiger partial charge >= 0.3 is 12.1 Å². The zero-order valence-electron chi connectivity index (χ0n) is 9.28. The van der Waals surface area contributed by atoms with Crippen LogP contribution >= 0.6 is 0 Å². The lowest BCUT2D eigenvalue weighted by Gasteiger charge is -2.16. The first kappa shape index (κ1) is 13.4. The number of rotatable bonds is 5. The van der Waals surface area contributed by atoms with Gasteiger partial charge in [0.15, 0.2) is 0 Å². The number of hydrogen-bond donors (Lipinski definition) is 1. The third kappa shape index (κ3) is 3.99. The standard InChI is InChI=1S/C11H13F2NO3/c1-2-16-10(15)8-4-3-5-9(6-8)17-11(12,13)7-14/h3-6H,2,7,14H2,1H3. The van der Waals surface area contributed by atoms with Crippen LogP contribution in [0.2, 0.25) is 0 Å². The molecule has 0 spiro atoms. The maximum Gasteiger partial charge on any atom is 0.410 e. The Morgan fingerprint density at radius 2 is 2.18 bits per heavy atom. The largest absolute Gasteiger partial charge is 0.462 e. The maximum atomic E-state index is 12.9. The first-order valence-corrected chi connectivity index (χ1v) is 5.02. The summed E-state index contributed by atoms with van der Waals surface area (Å²) in [7, 11) is 0. The topological polar surface area (TPSA) is 61.5 Å². The van der Waals surface area contributed by atoms with Crippen LogP contribution in [0, 0.1) is 0 Å². The van der Waals surface area contributed by atoms with Gasteiger partial charge in [0.25, 0.3) is 0 Å². The van der Waals surface area contributed by atoms with Gasteiger partial charge in [-0.3, -0.25) is 0 Å². The first-order chi connectivity index (χ1) is 7.98. The van der Waals surface area contributed by atoms with E-state index >= 15 is 0 Å². The molecule has 0 aliphatic carbocycles. The van der Waals surface area contributed by atoms with Crippen molar-refractivity contribution in [2.24, 2.45) is 5.73 Å². The molecule has 0 atom stereocenters. The Bertz CT molecular complexity index is 396. The summed E-state index contributed by atoms with van der Waals surface area (Å²) in [6.07, 6.45) is -3.45. The number of halogens is 2. The van der Waals surface area contributed by atoms with E-state index in [1.54, 1.807) is 6.92 Å². The Kier molecular flexibility index (Phi) is 4.39. The van der Waals surface area contributed by atoms with Gasteiger partial charge in [0.1, 0.15) is 5.75 Å². The van der Waals surface area contributed by atoms with Gasteiger partial charge in [-0.05, 0) is 25.1 Å². The second kappa shape index (κ2) is 5.58. The SMILES string of the molecule is CCOC(=O)c1cccc(OC(F)(F)CN)c1.